The molecule has 5 rings (SSSR count). The summed E-state index contributed by atoms with van der Waals surface area (Å²) in [6, 6.07) is 3.75. The highest BCUT2D eigenvalue weighted by atomic mass is 19.2. The molecule has 1 N–H and O–H groups in total. The van der Waals surface area contributed by atoms with Crippen molar-refractivity contribution in [2.24, 2.45) is 0 Å². The number of aryl methyl sites for hydroxylation is 1. The van der Waals surface area contributed by atoms with Crippen LogP contribution in [-0.2, 0) is 11.2 Å². The van der Waals surface area contributed by atoms with E-state index in [2.05, 4.69) is 41.0 Å². The van der Waals surface area contributed by atoms with Crippen molar-refractivity contribution >= 4 is 11.7 Å². The van der Waals surface area contributed by atoms with E-state index >= 15 is 0 Å². The maximum atomic E-state index is 14.1. The third-order valence-corrected chi connectivity index (χ3v) is 7.77. The summed E-state index contributed by atoms with van der Waals surface area (Å²) >= 11 is 0. The Labute approximate surface area is 199 Å². The Hall–Kier alpha value is -2.61. The number of carbonyl (C=O) groups excluding carboxylic acids is 1. The van der Waals surface area contributed by atoms with E-state index in [1.165, 1.54) is 11.6 Å². The molecule has 0 radical (unpaired) electrons. The van der Waals surface area contributed by atoms with Crippen LogP contribution in [0.15, 0.2) is 24.5 Å². The molecule has 2 aliphatic heterocycles. The first-order chi connectivity index (χ1) is 16.2. The van der Waals surface area contributed by atoms with Gasteiger partial charge in [0.1, 0.15) is 12.1 Å². The van der Waals surface area contributed by atoms with Crippen LogP contribution in [0.4, 0.5) is 14.6 Å². The van der Waals surface area contributed by atoms with Gasteiger partial charge in [0.2, 0.25) is 5.91 Å². The first-order valence-electron chi connectivity index (χ1n) is 12.3. The van der Waals surface area contributed by atoms with Gasteiger partial charge in [0.05, 0.1) is 5.92 Å². The third kappa shape index (κ3) is 4.28. The molecular weight excluding hydrogens is 436 g/mol. The molecule has 3 heterocycles. The maximum Gasteiger partial charge on any atom is 0.231 e. The number of nitrogens with zero attached hydrogens (tertiary/aromatic N) is 4. The van der Waals surface area contributed by atoms with Crippen LogP contribution in [-0.4, -0.2) is 58.5 Å². The predicted octanol–water partition coefficient (Wildman–Crippen LogP) is 3.77. The molecule has 0 spiro atoms. The number of fused-ring (bicyclic) bond motifs is 1. The van der Waals surface area contributed by atoms with E-state index in [-0.39, 0.29) is 17.5 Å². The van der Waals surface area contributed by atoms with E-state index < -0.39 is 17.6 Å². The highest BCUT2D eigenvalue weighted by Gasteiger charge is 2.41. The van der Waals surface area contributed by atoms with Gasteiger partial charge in [0.15, 0.2) is 11.6 Å². The van der Waals surface area contributed by atoms with Gasteiger partial charge in [0.25, 0.3) is 0 Å². The summed E-state index contributed by atoms with van der Waals surface area (Å²) in [5, 5.41) is 3.56. The monoisotopic (exact) mass is 469 g/mol. The van der Waals surface area contributed by atoms with Crippen LogP contribution in [0, 0.1) is 11.6 Å². The number of nitrogens with one attached hydrogen (secondary N) is 1. The lowest BCUT2D eigenvalue weighted by Gasteiger charge is -2.39. The molecular formula is C26H33F2N5O. The molecule has 1 aromatic carbocycles. The summed E-state index contributed by atoms with van der Waals surface area (Å²) in [7, 11) is 0. The van der Waals surface area contributed by atoms with Crippen LogP contribution in [0.25, 0.3) is 0 Å². The minimum absolute atomic E-state index is 0.0258. The van der Waals surface area contributed by atoms with E-state index in [1.54, 1.807) is 12.4 Å². The molecule has 2 aromatic rings. The largest absolute Gasteiger partial charge is 0.353 e. The Bertz CT molecular complexity index is 1080. The smallest absolute Gasteiger partial charge is 0.231 e. The molecule has 2 saturated heterocycles. The summed E-state index contributed by atoms with van der Waals surface area (Å²) in [5.41, 5.74) is 2.83. The molecule has 2 unspecified atom stereocenters. The molecule has 34 heavy (non-hydrogen) atoms. The molecule has 182 valence electrons. The van der Waals surface area contributed by atoms with Gasteiger partial charge in [-0.25, -0.2) is 18.7 Å². The molecule has 3 aliphatic rings. The molecule has 2 fully saturated rings. The van der Waals surface area contributed by atoms with E-state index in [4.69, 9.17) is 0 Å². The fraction of sp³-hybridized carbons (Fsp3) is 0.577. The second kappa shape index (κ2) is 8.87. The quantitative estimate of drug-likeness (QED) is 0.739. The molecule has 1 aliphatic carbocycles. The van der Waals surface area contributed by atoms with Crippen LogP contribution in [0.3, 0.4) is 0 Å². The lowest BCUT2D eigenvalue weighted by Crippen LogP contribution is -2.53. The summed E-state index contributed by atoms with van der Waals surface area (Å²) < 4.78 is 27.8. The molecule has 1 amide bonds. The lowest BCUT2D eigenvalue weighted by atomic mass is 9.88. The van der Waals surface area contributed by atoms with Crippen molar-refractivity contribution < 1.29 is 13.6 Å². The molecule has 3 atom stereocenters. The highest BCUT2D eigenvalue weighted by molar-refractivity contribution is 5.85. The predicted molar refractivity (Wildman–Crippen MR) is 127 cm³/mol. The minimum atomic E-state index is -0.913. The number of rotatable bonds is 4. The van der Waals surface area contributed by atoms with E-state index in [1.807, 2.05) is 4.90 Å². The van der Waals surface area contributed by atoms with Crippen molar-refractivity contribution in [1.29, 1.82) is 0 Å². The average Bonchev–Trinajstić information content (AvgIpc) is 3.38. The van der Waals surface area contributed by atoms with Gasteiger partial charge < -0.3 is 15.1 Å². The second-order valence-electron chi connectivity index (χ2n) is 10.6. The molecule has 0 saturated carbocycles. The van der Waals surface area contributed by atoms with Gasteiger partial charge in [-0.3, -0.25) is 4.79 Å². The molecule has 6 nitrogen and oxygen atoms in total. The summed E-state index contributed by atoms with van der Waals surface area (Å²) in [6.45, 7) is 8.97. The van der Waals surface area contributed by atoms with E-state index in [9.17, 15) is 13.6 Å². The number of amides is 1. The number of anilines is 1. The Morgan fingerprint density at radius 2 is 1.88 bits per heavy atom. The third-order valence-electron chi connectivity index (χ3n) is 7.77. The molecule has 0 bridgehead atoms. The zero-order valence-electron chi connectivity index (χ0n) is 20.2. The van der Waals surface area contributed by atoms with Gasteiger partial charge >= 0.3 is 0 Å². The van der Waals surface area contributed by atoms with Crippen molar-refractivity contribution in [3.8, 4) is 0 Å². The van der Waals surface area contributed by atoms with Crippen molar-refractivity contribution in [3.05, 3.63) is 53.0 Å². The van der Waals surface area contributed by atoms with Gasteiger partial charge in [-0.15, -0.1) is 0 Å². The van der Waals surface area contributed by atoms with Crippen molar-refractivity contribution in [2.75, 3.05) is 31.1 Å². The Morgan fingerprint density at radius 3 is 2.56 bits per heavy atom. The normalized spacial score (nSPS) is 24.9. The summed E-state index contributed by atoms with van der Waals surface area (Å²) in [4.78, 5) is 27.0. The first kappa shape index (κ1) is 23.1. The van der Waals surface area contributed by atoms with Crippen molar-refractivity contribution in [1.82, 2.24) is 20.2 Å². The Balaban J connectivity index is 1.35. The number of benzene rings is 1. The van der Waals surface area contributed by atoms with Gasteiger partial charge in [0, 0.05) is 49.0 Å². The fourth-order valence-corrected chi connectivity index (χ4v) is 5.88. The standard InChI is InChI=1S/C26H33F2N5O/c1-16-4-7-20-22(16)24(30-15-29-20)32-10-12-33(13-11-32)25(34)23(21-8-9-26(2,3)31-21)17-5-6-18(27)19(28)14-17/h5-6,14-16,21,23,31H,4,7-13H2,1-3H3/t16?,21-,23?/m0/s1. The van der Waals surface area contributed by atoms with Gasteiger partial charge in [-0.2, -0.15) is 0 Å². The van der Waals surface area contributed by atoms with Crippen LogP contribution >= 0.6 is 0 Å². The maximum absolute atomic E-state index is 14.1. The van der Waals surface area contributed by atoms with Crippen molar-refractivity contribution in [3.63, 3.8) is 0 Å². The van der Waals surface area contributed by atoms with Crippen LogP contribution in [0.5, 0.6) is 0 Å². The molecule has 8 heteroatoms. The first-order valence-corrected chi connectivity index (χ1v) is 12.3. The summed E-state index contributed by atoms with van der Waals surface area (Å²) in [6.07, 6.45) is 5.48. The highest BCUT2D eigenvalue weighted by Crippen LogP contribution is 2.38. The number of carbonyl (C=O) groups is 1. The van der Waals surface area contributed by atoms with E-state index in [0.717, 1.165) is 43.3 Å². The number of aromatic nitrogens is 2. The Kier molecular flexibility index (Phi) is 6.04. The van der Waals surface area contributed by atoms with Crippen LogP contribution in [0.1, 0.15) is 68.7 Å². The second-order valence-corrected chi connectivity index (χ2v) is 10.6. The van der Waals surface area contributed by atoms with Crippen molar-refractivity contribution in [2.45, 2.75) is 69.9 Å². The number of piperazine rings is 1. The SMILES string of the molecule is CC1CCc2ncnc(N3CCN(C(=O)C(c4ccc(F)c(F)c4)[C@@H]4CCC(C)(C)N4)CC3)c21. The van der Waals surface area contributed by atoms with Gasteiger partial charge in [-0.05, 0) is 63.1 Å². The Morgan fingerprint density at radius 1 is 1.12 bits per heavy atom. The number of hydrogen-bond donors (Lipinski definition) is 1. The topological polar surface area (TPSA) is 61.4 Å². The zero-order chi connectivity index (χ0) is 24.0. The average molecular weight is 470 g/mol. The van der Waals surface area contributed by atoms with E-state index in [0.29, 0.717) is 37.7 Å². The lowest BCUT2D eigenvalue weighted by molar-refractivity contribution is -0.133. The number of hydrogen-bond acceptors (Lipinski definition) is 5. The summed E-state index contributed by atoms with van der Waals surface area (Å²) in [5.74, 6) is -0.938. The van der Waals surface area contributed by atoms with Gasteiger partial charge in [-0.1, -0.05) is 13.0 Å². The van der Waals surface area contributed by atoms with Crippen LogP contribution in [0.2, 0.25) is 0 Å². The fourth-order valence-electron chi connectivity index (χ4n) is 5.88. The number of halogens is 2. The molecule has 1 aromatic heterocycles. The van der Waals surface area contributed by atoms with Crippen LogP contribution < -0.4 is 10.2 Å². The zero-order valence-corrected chi connectivity index (χ0v) is 20.2. The minimum Gasteiger partial charge on any atom is -0.353 e.